The van der Waals surface area contributed by atoms with Gasteiger partial charge in [0.25, 0.3) is 0 Å². The largest absolute Gasteiger partial charge is 0.465 e. The molecule has 158 valence electrons. The summed E-state index contributed by atoms with van der Waals surface area (Å²) >= 11 is 0. The number of anilines is 2. The minimum atomic E-state index is -1.48. The minimum Gasteiger partial charge on any atom is -0.465 e. The molecule has 0 radical (unpaired) electrons. The zero-order valence-corrected chi connectivity index (χ0v) is 16.4. The SMILES string of the molecule is COC(=O)c1cc(N)c(NC(=O)OCC2c3ccccc3-c3ccccc32)c(F)c1F. The molecule has 0 heterocycles. The number of rotatable bonds is 4. The van der Waals surface area contributed by atoms with Gasteiger partial charge in [-0.3, -0.25) is 5.32 Å². The van der Waals surface area contributed by atoms with Crippen molar-refractivity contribution in [1.82, 2.24) is 0 Å². The first-order valence-corrected chi connectivity index (χ1v) is 9.40. The van der Waals surface area contributed by atoms with E-state index < -0.39 is 34.9 Å². The van der Waals surface area contributed by atoms with Crippen LogP contribution in [0.3, 0.4) is 0 Å². The van der Waals surface area contributed by atoms with Crippen LogP contribution in [-0.4, -0.2) is 25.8 Å². The number of nitrogens with two attached hydrogens (primary N) is 1. The summed E-state index contributed by atoms with van der Waals surface area (Å²) in [5.74, 6) is -4.24. The van der Waals surface area contributed by atoms with E-state index in [1.807, 2.05) is 48.5 Å². The molecule has 1 aliphatic carbocycles. The molecule has 1 amide bonds. The number of esters is 1. The second-order valence-corrected chi connectivity index (χ2v) is 6.96. The molecule has 3 N–H and O–H groups in total. The maximum atomic E-state index is 14.4. The molecule has 4 rings (SSSR count). The van der Waals surface area contributed by atoms with E-state index in [0.29, 0.717) is 0 Å². The number of hydrogen-bond donors (Lipinski definition) is 2. The van der Waals surface area contributed by atoms with Gasteiger partial charge in [0.2, 0.25) is 0 Å². The Kier molecular flexibility index (Phi) is 5.29. The number of nitrogens with one attached hydrogen (secondary N) is 1. The highest BCUT2D eigenvalue weighted by Crippen LogP contribution is 2.44. The molecule has 6 nitrogen and oxygen atoms in total. The first-order valence-electron chi connectivity index (χ1n) is 9.40. The quantitative estimate of drug-likeness (QED) is 0.468. The Morgan fingerprint density at radius 3 is 2.16 bits per heavy atom. The number of amides is 1. The molecule has 0 bridgehead atoms. The molecule has 0 atom stereocenters. The van der Waals surface area contributed by atoms with Crippen LogP contribution >= 0.6 is 0 Å². The zero-order valence-electron chi connectivity index (χ0n) is 16.4. The Balaban J connectivity index is 1.52. The molecular formula is C23H18F2N2O4. The Morgan fingerprint density at radius 2 is 1.58 bits per heavy atom. The molecule has 3 aromatic carbocycles. The predicted molar refractivity (Wildman–Crippen MR) is 111 cm³/mol. The third kappa shape index (κ3) is 3.56. The third-order valence-electron chi connectivity index (χ3n) is 5.21. The first-order chi connectivity index (χ1) is 14.9. The van der Waals surface area contributed by atoms with E-state index in [1.54, 1.807) is 0 Å². The van der Waals surface area contributed by atoms with Crippen LogP contribution in [0.1, 0.15) is 27.4 Å². The van der Waals surface area contributed by atoms with Gasteiger partial charge < -0.3 is 15.2 Å². The van der Waals surface area contributed by atoms with Gasteiger partial charge in [-0.15, -0.1) is 0 Å². The lowest BCUT2D eigenvalue weighted by Crippen LogP contribution is -2.20. The standard InChI is InChI=1S/C23H18F2N2O4/c1-30-22(28)16-10-18(26)21(20(25)19(16)24)27-23(29)31-11-17-14-8-4-2-6-12(14)13-7-3-5-9-15(13)17/h2-10,17H,11,26H2,1H3,(H,27,29). The van der Waals surface area contributed by atoms with Crippen LogP contribution in [0, 0.1) is 11.6 Å². The van der Waals surface area contributed by atoms with Crippen LogP contribution in [0.25, 0.3) is 11.1 Å². The van der Waals surface area contributed by atoms with Crippen molar-refractivity contribution in [2.75, 3.05) is 24.8 Å². The molecule has 3 aromatic rings. The molecule has 0 saturated carbocycles. The van der Waals surface area contributed by atoms with E-state index in [-0.39, 0.29) is 18.2 Å². The summed E-state index contributed by atoms with van der Waals surface area (Å²) < 4.78 is 38.2. The van der Waals surface area contributed by atoms with Crippen molar-refractivity contribution in [3.8, 4) is 11.1 Å². The number of halogens is 2. The van der Waals surface area contributed by atoms with Gasteiger partial charge in [0.05, 0.1) is 12.8 Å². The van der Waals surface area contributed by atoms with Gasteiger partial charge in [0.15, 0.2) is 11.6 Å². The van der Waals surface area contributed by atoms with E-state index in [1.165, 1.54) is 0 Å². The Hall–Kier alpha value is -3.94. The highest BCUT2D eigenvalue weighted by molar-refractivity contribution is 5.95. The molecule has 0 saturated heterocycles. The molecule has 0 spiro atoms. The average molecular weight is 424 g/mol. The molecule has 0 aliphatic heterocycles. The van der Waals surface area contributed by atoms with Gasteiger partial charge in [-0.1, -0.05) is 48.5 Å². The third-order valence-corrected chi connectivity index (χ3v) is 5.21. The number of hydrogen-bond acceptors (Lipinski definition) is 5. The lowest BCUT2D eigenvalue weighted by Gasteiger charge is -2.16. The summed E-state index contributed by atoms with van der Waals surface area (Å²) in [7, 11) is 1.03. The summed E-state index contributed by atoms with van der Waals surface area (Å²) in [5, 5.41) is 2.12. The average Bonchev–Trinajstić information content (AvgIpc) is 3.11. The van der Waals surface area contributed by atoms with Gasteiger partial charge in [-0.05, 0) is 28.3 Å². The fraction of sp³-hybridized carbons (Fsp3) is 0.130. The van der Waals surface area contributed by atoms with E-state index >= 15 is 0 Å². The second kappa shape index (κ2) is 8.06. The number of carbonyl (C=O) groups is 2. The van der Waals surface area contributed by atoms with E-state index in [9.17, 15) is 18.4 Å². The van der Waals surface area contributed by atoms with Gasteiger partial charge in [-0.25, -0.2) is 18.4 Å². The Labute approximate surface area is 176 Å². The van der Waals surface area contributed by atoms with Gasteiger partial charge in [0, 0.05) is 5.92 Å². The van der Waals surface area contributed by atoms with E-state index in [2.05, 4.69) is 10.1 Å². The Morgan fingerprint density at radius 1 is 1.00 bits per heavy atom. The van der Waals surface area contributed by atoms with Crippen molar-refractivity contribution < 1.29 is 27.8 Å². The number of ether oxygens (including phenoxy) is 2. The van der Waals surface area contributed by atoms with Gasteiger partial charge >= 0.3 is 12.1 Å². The Bertz CT molecular complexity index is 1150. The summed E-state index contributed by atoms with van der Waals surface area (Å²) in [4.78, 5) is 23.8. The van der Waals surface area contributed by atoms with Crippen molar-refractivity contribution in [1.29, 1.82) is 0 Å². The van der Waals surface area contributed by atoms with Crippen molar-refractivity contribution >= 4 is 23.4 Å². The molecule has 1 aliphatic rings. The first kappa shape index (κ1) is 20.3. The van der Waals surface area contributed by atoms with Crippen molar-refractivity contribution in [3.05, 3.63) is 82.9 Å². The maximum Gasteiger partial charge on any atom is 0.411 e. The normalized spacial score (nSPS) is 12.1. The molecule has 0 aromatic heterocycles. The minimum absolute atomic E-state index is 0.00981. The summed E-state index contributed by atoms with van der Waals surface area (Å²) in [6.45, 7) is -0.00981. The summed E-state index contributed by atoms with van der Waals surface area (Å²) in [6.07, 6.45) is -1.00. The topological polar surface area (TPSA) is 90.6 Å². The van der Waals surface area contributed by atoms with Crippen molar-refractivity contribution in [2.45, 2.75) is 5.92 Å². The fourth-order valence-corrected chi connectivity index (χ4v) is 3.77. The van der Waals surface area contributed by atoms with Crippen LogP contribution in [-0.2, 0) is 9.47 Å². The lowest BCUT2D eigenvalue weighted by atomic mass is 9.98. The fourth-order valence-electron chi connectivity index (χ4n) is 3.77. The van der Waals surface area contributed by atoms with Crippen LogP contribution < -0.4 is 11.1 Å². The molecule has 0 fully saturated rings. The molecule has 0 unspecified atom stereocenters. The molecular weight excluding hydrogens is 406 g/mol. The van der Waals surface area contributed by atoms with E-state index in [0.717, 1.165) is 35.4 Å². The second-order valence-electron chi connectivity index (χ2n) is 6.96. The van der Waals surface area contributed by atoms with Crippen LogP contribution in [0.2, 0.25) is 0 Å². The van der Waals surface area contributed by atoms with Crippen LogP contribution in [0.15, 0.2) is 54.6 Å². The van der Waals surface area contributed by atoms with Crippen LogP contribution in [0.5, 0.6) is 0 Å². The number of fused-ring (bicyclic) bond motifs is 3. The smallest absolute Gasteiger partial charge is 0.411 e. The maximum absolute atomic E-state index is 14.4. The molecule has 8 heteroatoms. The van der Waals surface area contributed by atoms with E-state index in [4.69, 9.17) is 10.5 Å². The van der Waals surface area contributed by atoms with Crippen molar-refractivity contribution in [3.63, 3.8) is 0 Å². The number of nitrogen functional groups attached to an aromatic ring is 1. The summed E-state index contributed by atoms with van der Waals surface area (Å²) in [6, 6.07) is 16.5. The van der Waals surface area contributed by atoms with Crippen LogP contribution in [0.4, 0.5) is 25.0 Å². The summed E-state index contributed by atoms with van der Waals surface area (Å²) in [5.41, 5.74) is 8.21. The van der Waals surface area contributed by atoms with Gasteiger partial charge in [-0.2, -0.15) is 0 Å². The number of carbonyl (C=O) groups excluding carboxylic acids is 2. The highest BCUT2D eigenvalue weighted by atomic mass is 19.2. The highest BCUT2D eigenvalue weighted by Gasteiger charge is 2.29. The number of methoxy groups -OCH3 is 1. The lowest BCUT2D eigenvalue weighted by molar-refractivity contribution is 0.0594. The monoisotopic (exact) mass is 424 g/mol. The zero-order chi connectivity index (χ0) is 22.1. The number of benzene rings is 3. The molecule has 31 heavy (non-hydrogen) atoms. The predicted octanol–water partition coefficient (Wildman–Crippen LogP) is 4.69. The van der Waals surface area contributed by atoms with Gasteiger partial charge in [0.1, 0.15) is 17.9 Å². The van der Waals surface area contributed by atoms with Crippen molar-refractivity contribution in [2.24, 2.45) is 0 Å².